The van der Waals surface area contributed by atoms with E-state index in [1.807, 2.05) is 3.28 Å². The van der Waals surface area contributed by atoms with E-state index in [1.54, 1.807) is 20.0 Å². The molecule has 0 heterocycles. The molecule has 126 valence electrons. The van der Waals surface area contributed by atoms with Crippen molar-refractivity contribution < 1.29 is 17.4 Å². The molecular weight excluding hydrogens is 406 g/mol. The minimum Gasteiger partial charge on any atom is -0.147 e. The average molecular weight is 439 g/mol. The quantitative estimate of drug-likeness (QED) is 0.449. The second kappa shape index (κ2) is 8.15. The van der Waals surface area contributed by atoms with Crippen LogP contribution in [-0.4, -0.2) is 6.88 Å². The van der Waals surface area contributed by atoms with Gasteiger partial charge in [-0.1, -0.05) is 0 Å². The molecule has 0 amide bonds. The molecule has 2 aliphatic carbocycles. The molecular formula is C18H32Cl2SiZr. The first-order valence-electron chi connectivity index (χ1n) is 8.21. The molecule has 0 saturated heterocycles. The Balaban J connectivity index is 0.00000220. The van der Waals surface area contributed by atoms with Crippen LogP contribution in [0.4, 0.5) is 0 Å². The molecule has 0 N–H and O–H groups in total. The van der Waals surface area contributed by atoms with E-state index in [9.17, 15) is 0 Å². The molecule has 0 atom stereocenters. The molecule has 0 radical (unpaired) electrons. The summed E-state index contributed by atoms with van der Waals surface area (Å²) in [6, 6.07) is 0. The number of hydrogen-bond acceptors (Lipinski definition) is 0. The molecule has 0 nitrogen and oxygen atoms in total. The minimum absolute atomic E-state index is 0. The van der Waals surface area contributed by atoms with Crippen LogP contribution in [-0.2, 0) is 17.4 Å². The van der Waals surface area contributed by atoms with Gasteiger partial charge >= 0.3 is 128 Å². The van der Waals surface area contributed by atoms with E-state index >= 15 is 0 Å². The van der Waals surface area contributed by atoms with E-state index in [-0.39, 0.29) is 24.8 Å². The van der Waals surface area contributed by atoms with Gasteiger partial charge in [0.2, 0.25) is 0 Å². The molecule has 0 fully saturated rings. The predicted molar refractivity (Wildman–Crippen MR) is 106 cm³/mol. The van der Waals surface area contributed by atoms with E-state index in [2.05, 4.69) is 55.1 Å². The summed E-state index contributed by atoms with van der Waals surface area (Å²) in [7, 11) is 0. The molecule has 2 rings (SSSR count). The van der Waals surface area contributed by atoms with Gasteiger partial charge in [0.25, 0.3) is 0 Å². The van der Waals surface area contributed by atoms with Gasteiger partial charge in [-0.2, -0.15) is 0 Å². The zero-order chi connectivity index (χ0) is 15.0. The second-order valence-electron chi connectivity index (χ2n) is 7.29. The number of halogens is 2. The summed E-state index contributed by atoms with van der Waals surface area (Å²) >= 11 is -2.87. The fourth-order valence-corrected chi connectivity index (χ4v) is 17.1. The Kier molecular flexibility index (Phi) is 8.38. The van der Waals surface area contributed by atoms with Crippen molar-refractivity contribution in [2.45, 2.75) is 62.1 Å². The third kappa shape index (κ3) is 3.82. The van der Waals surface area contributed by atoms with Crippen LogP contribution in [0.3, 0.4) is 0 Å². The number of allylic oxidation sites excluding steroid dienone is 8. The van der Waals surface area contributed by atoms with Crippen LogP contribution < -0.4 is 0 Å². The zero-order valence-electron chi connectivity index (χ0n) is 14.8. The summed E-state index contributed by atoms with van der Waals surface area (Å²) in [5, 5.41) is 0. The van der Waals surface area contributed by atoms with Gasteiger partial charge in [-0.25, -0.2) is 0 Å². The van der Waals surface area contributed by atoms with Crippen LogP contribution in [0.2, 0.25) is 9.26 Å². The molecule has 0 spiro atoms. The van der Waals surface area contributed by atoms with Gasteiger partial charge in [0.15, 0.2) is 0 Å². The van der Waals surface area contributed by atoms with Crippen molar-refractivity contribution in [2.24, 2.45) is 0 Å². The molecule has 0 saturated carbocycles. The molecule has 0 aromatic heterocycles. The Labute approximate surface area is 151 Å². The van der Waals surface area contributed by atoms with Gasteiger partial charge in [-0.15, -0.1) is 24.8 Å². The molecule has 0 unspecified atom stereocenters. The Bertz CT molecular complexity index is 615. The van der Waals surface area contributed by atoms with Crippen LogP contribution in [0, 0.1) is 0 Å². The van der Waals surface area contributed by atoms with Crippen molar-refractivity contribution in [3.8, 4) is 0 Å². The van der Waals surface area contributed by atoms with E-state index in [0.29, 0.717) is 0 Å². The maximum absolute atomic E-state index is 2.87. The van der Waals surface area contributed by atoms with Crippen LogP contribution in [0.5, 0.6) is 0 Å². The summed E-state index contributed by atoms with van der Waals surface area (Å²) in [6.45, 7) is 9.44. The normalized spacial score (nSPS) is 18.4. The summed E-state index contributed by atoms with van der Waals surface area (Å²) in [5.41, 5.74) is 5.21. The van der Waals surface area contributed by atoms with Gasteiger partial charge in [-0.3, -0.25) is 0 Å². The van der Waals surface area contributed by atoms with Crippen molar-refractivity contribution in [1.82, 2.24) is 0 Å². The standard InChI is InChI=1S/C11H17.C5H5.2CH3.2ClH.H2Si.Zr/c1-4-9-7-8-10(5-2)11(9)6-3;1-2-4-5-3-1;;;;;;/h4-7H2,1-3H3;1-3H,4H2;2*1H3;2*1H;1H2;. The number of rotatable bonds is 5. The molecule has 0 aromatic carbocycles. The second-order valence-corrected chi connectivity index (χ2v) is 36.1. The first-order valence-corrected chi connectivity index (χ1v) is 21.5. The van der Waals surface area contributed by atoms with Gasteiger partial charge < -0.3 is 0 Å². The first-order chi connectivity index (χ1) is 9.34. The summed E-state index contributed by atoms with van der Waals surface area (Å²) in [6.07, 6.45) is 13.3. The van der Waals surface area contributed by atoms with Crippen LogP contribution >= 0.6 is 24.8 Å². The predicted octanol–water partition coefficient (Wildman–Crippen LogP) is 6.19. The zero-order valence-corrected chi connectivity index (χ0v) is 20.3. The average Bonchev–Trinajstić information content (AvgIpc) is 3.05. The molecule has 2 aliphatic rings. The van der Waals surface area contributed by atoms with Gasteiger partial charge in [0.1, 0.15) is 0 Å². The largest absolute Gasteiger partial charge is 0.147 e. The maximum atomic E-state index is 2.66. The summed E-state index contributed by atoms with van der Waals surface area (Å²) in [5.74, 6) is 0. The van der Waals surface area contributed by atoms with Crippen molar-refractivity contribution in [1.29, 1.82) is 0 Å². The number of hydrogen-bond donors (Lipinski definition) is 0. The Morgan fingerprint density at radius 2 is 1.59 bits per heavy atom. The SMILES string of the molecule is CCC1=C(CC)C(CC)=[C]([Zr]([CH3])([CH3])(=[SiH2])[C]2=CC=CC2)C1.Cl.Cl. The fraction of sp³-hybridized carbons (Fsp3) is 0.556. The molecule has 0 bridgehead atoms. The monoisotopic (exact) mass is 436 g/mol. The van der Waals surface area contributed by atoms with Gasteiger partial charge in [0, 0.05) is 0 Å². The van der Waals surface area contributed by atoms with Crippen LogP contribution in [0.1, 0.15) is 52.9 Å². The van der Waals surface area contributed by atoms with Crippen LogP contribution in [0.15, 0.2) is 41.5 Å². The topological polar surface area (TPSA) is 0 Å². The van der Waals surface area contributed by atoms with Crippen molar-refractivity contribution in [3.05, 3.63) is 41.5 Å². The van der Waals surface area contributed by atoms with Crippen molar-refractivity contribution in [2.75, 3.05) is 0 Å². The third-order valence-corrected chi connectivity index (χ3v) is 22.6. The van der Waals surface area contributed by atoms with E-state index in [4.69, 9.17) is 0 Å². The molecule has 0 aliphatic heterocycles. The first kappa shape index (κ1) is 22.6. The van der Waals surface area contributed by atoms with E-state index < -0.39 is 17.4 Å². The minimum atomic E-state index is -2.87. The third-order valence-electron chi connectivity index (χ3n) is 5.45. The summed E-state index contributed by atoms with van der Waals surface area (Å²) in [4.78, 5) is 0. The molecule has 0 aromatic rings. The van der Waals surface area contributed by atoms with Crippen molar-refractivity contribution in [3.63, 3.8) is 0 Å². The smallest absolute Gasteiger partial charge is 0.147 e. The van der Waals surface area contributed by atoms with E-state index in [1.165, 1.54) is 32.1 Å². The maximum Gasteiger partial charge on any atom is -0.147 e. The Hall–Kier alpha value is 0.640. The van der Waals surface area contributed by atoms with Gasteiger partial charge in [-0.05, 0) is 0 Å². The van der Waals surface area contributed by atoms with Crippen molar-refractivity contribution >= 4 is 31.7 Å². The van der Waals surface area contributed by atoms with Gasteiger partial charge in [0.05, 0.1) is 0 Å². The fourth-order valence-electron chi connectivity index (χ4n) is 4.05. The van der Waals surface area contributed by atoms with Crippen LogP contribution in [0.25, 0.3) is 0 Å². The molecule has 22 heavy (non-hydrogen) atoms. The summed E-state index contributed by atoms with van der Waals surface area (Å²) < 4.78 is 9.01. The Morgan fingerprint density at radius 1 is 1.00 bits per heavy atom. The molecule has 4 heteroatoms. The van der Waals surface area contributed by atoms with E-state index in [0.717, 1.165) is 0 Å². The Morgan fingerprint density at radius 3 is 2.00 bits per heavy atom.